The number of hydrogen-bond donors (Lipinski definition) is 1. The van der Waals surface area contributed by atoms with Crippen molar-refractivity contribution in [1.29, 1.82) is 0 Å². The summed E-state index contributed by atoms with van der Waals surface area (Å²) in [5.41, 5.74) is 7.00. The number of carbonyl (C=O) groups excluding carboxylic acids is 1. The van der Waals surface area contributed by atoms with Crippen LogP contribution in [-0.2, 0) is 16.0 Å². The lowest BCUT2D eigenvalue weighted by atomic mass is 9.78. The molecule has 2 aliphatic heterocycles. The average Bonchev–Trinajstić information content (AvgIpc) is 2.63. The highest BCUT2D eigenvalue weighted by Gasteiger charge is 2.42. The first kappa shape index (κ1) is 19.2. The predicted octanol–water partition coefficient (Wildman–Crippen LogP) is 2.65. The van der Waals surface area contributed by atoms with Crippen molar-refractivity contribution in [2.75, 3.05) is 32.8 Å². The summed E-state index contributed by atoms with van der Waals surface area (Å²) in [6.07, 6.45) is 4.85. The van der Waals surface area contributed by atoms with Crippen molar-refractivity contribution in [2.24, 2.45) is 17.1 Å². The lowest BCUT2D eigenvalue weighted by Gasteiger charge is -2.41. The van der Waals surface area contributed by atoms with Crippen LogP contribution in [0.3, 0.4) is 0 Å². The Hall–Kier alpha value is -1.10. The molecule has 2 aliphatic rings. The van der Waals surface area contributed by atoms with Gasteiger partial charge in [-0.15, -0.1) is 12.4 Å². The van der Waals surface area contributed by atoms with Crippen molar-refractivity contribution in [3.63, 3.8) is 0 Å². The molecular weight excluding hydrogens is 324 g/mol. The molecule has 1 aromatic carbocycles. The topological polar surface area (TPSA) is 55.6 Å². The third-order valence-electron chi connectivity index (χ3n) is 5.56. The minimum Gasteiger partial charge on any atom is -0.381 e. The van der Waals surface area contributed by atoms with E-state index in [2.05, 4.69) is 35.2 Å². The van der Waals surface area contributed by atoms with Crippen LogP contribution in [0, 0.1) is 11.3 Å². The third kappa shape index (κ3) is 4.29. The number of rotatable bonds is 4. The van der Waals surface area contributed by atoms with E-state index in [1.165, 1.54) is 5.56 Å². The number of piperidine rings is 1. The lowest BCUT2D eigenvalue weighted by Crippen LogP contribution is -2.52. The van der Waals surface area contributed by atoms with Gasteiger partial charge in [-0.2, -0.15) is 0 Å². The molecule has 0 saturated carbocycles. The van der Waals surface area contributed by atoms with E-state index >= 15 is 0 Å². The van der Waals surface area contributed by atoms with Crippen molar-refractivity contribution in [2.45, 2.75) is 32.1 Å². The molecule has 0 radical (unpaired) electrons. The molecule has 4 nitrogen and oxygen atoms in total. The van der Waals surface area contributed by atoms with Crippen molar-refractivity contribution in [3.8, 4) is 0 Å². The highest BCUT2D eigenvalue weighted by atomic mass is 35.5. The smallest absolute Gasteiger partial charge is 0.230 e. The van der Waals surface area contributed by atoms with E-state index in [1.807, 2.05) is 0 Å². The Bertz CT molecular complexity index is 509. The van der Waals surface area contributed by atoms with Crippen molar-refractivity contribution in [1.82, 2.24) is 4.90 Å². The molecule has 24 heavy (non-hydrogen) atoms. The summed E-state index contributed by atoms with van der Waals surface area (Å²) in [7, 11) is 0. The Kier molecular flexibility index (Phi) is 7.08. The van der Waals surface area contributed by atoms with Gasteiger partial charge in [0.05, 0.1) is 5.41 Å². The van der Waals surface area contributed by atoms with E-state index in [0.717, 1.165) is 45.2 Å². The molecule has 0 spiro atoms. The predicted molar refractivity (Wildman–Crippen MR) is 98.2 cm³/mol. The van der Waals surface area contributed by atoms with Crippen molar-refractivity contribution in [3.05, 3.63) is 35.9 Å². The molecule has 134 valence electrons. The van der Waals surface area contributed by atoms with Gasteiger partial charge >= 0.3 is 0 Å². The van der Waals surface area contributed by atoms with Crippen LogP contribution in [-0.4, -0.2) is 43.7 Å². The summed E-state index contributed by atoms with van der Waals surface area (Å²) < 4.78 is 5.42. The molecule has 1 aromatic rings. The third-order valence-corrected chi connectivity index (χ3v) is 5.56. The summed E-state index contributed by atoms with van der Waals surface area (Å²) in [5.74, 6) is 0.950. The van der Waals surface area contributed by atoms with Crippen LogP contribution in [0.4, 0.5) is 0 Å². The molecule has 0 bridgehead atoms. The van der Waals surface area contributed by atoms with E-state index in [4.69, 9.17) is 10.5 Å². The number of likely N-dealkylation sites (tertiary alicyclic amines) is 1. The van der Waals surface area contributed by atoms with E-state index in [0.29, 0.717) is 25.7 Å². The monoisotopic (exact) mass is 352 g/mol. The second kappa shape index (κ2) is 8.84. The zero-order valence-electron chi connectivity index (χ0n) is 14.3. The van der Waals surface area contributed by atoms with Gasteiger partial charge in [-0.1, -0.05) is 30.3 Å². The zero-order valence-corrected chi connectivity index (χ0v) is 15.1. The van der Waals surface area contributed by atoms with Crippen LogP contribution in [0.5, 0.6) is 0 Å². The summed E-state index contributed by atoms with van der Waals surface area (Å²) >= 11 is 0. The maximum Gasteiger partial charge on any atom is 0.230 e. The number of carbonyl (C=O) groups is 1. The first-order valence-corrected chi connectivity index (χ1v) is 8.85. The summed E-state index contributed by atoms with van der Waals surface area (Å²) in [4.78, 5) is 15.0. The first-order valence-electron chi connectivity index (χ1n) is 8.85. The van der Waals surface area contributed by atoms with Gasteiger partial charge in [0.15, 0.2) is 0 Å². The summed E-state index contributed by atoms with van der Waals surface area (Å²) in [6.45, 7) is 3.51. The summed E-state index contributed by atoms with van der Waals surface area (Å²) in [6, 6.07) is 10.7. The molecule has 2 fully saturated rings. The number of benzene rings is 1. The number of halogens is 1. The van der Waals surface area contributed by atoms with Crippen LogP contribution in [0.2, 0.25) is 0 Å². The Morgan fingerprint density at radius 1 is 1.17 bits per heavy atom. The van der Waals surface area contributed by atoms with Gasteiger partial charge in [-0.25, -0.2) is 0 Å². The minimum atomic E-state index is -0.371. The van der Waals surface area contributed by atoms with Crippen LogP contribution < -0.4 is 5.73 Å². The maximum atomic E-state index is 13.0. The average molecular weight is 353 g/mol. The van der Waals surface area contributed by atoms with Gasteiger partial charge < -0.3 is 15.4 Å². The van der Waals surface area contributed by atoms with Gasteiger partial charge in [0.2, 0.25) is 5.91 Å². The fraction of sp³-hybridized carbons (Fsp3) is 0.632. The second-order valence-electron chi connectivity index (χ2n) is 7.02. The Balaban J connectivity index is 0.00000208. The molecule has 2 saturated heterocycles. The Morgan fingerprint density at radius 2 is 1.79 bits per heavy atom. The van der Waals surface area contributed by atoms with Gasteiger partial charge in [-0.3, -0.25) is 4.79 Å². The van der Waals surface area contributed by atoms with E-state index in [-0.39, 0.29) is 23.7 Å². The molecule has 0 unspecified atom stereocenters. The standard InChI is InChI=1S/C19H28N2O2.ClH/c20-15-19(8-12-23-13-9-19)18(22)21-10-6-17(7-11-21)14-16-4-2-1-3-5-16;/h1-5,17H,6-15,20H2;1H. The zero-order chi connectivity index (χ0) is 16.1. The molecule has 1 amide bonds. The molecule has 0 atom stereocenters. The Morgan fingerprint density at radius 3 is 2.38 bits per heavy atom. The quantitative estimate of drug-likeness (QED) is 0.906. The number of nitrogens with two attached hydrogens (primary N) is 1. The molecule has 2 heterocycles. The van der Waals surface area contributed by atoms with Crippen LogP contribution in [0.25, 0.3) is 0 Å². The van der Waals surface area contributed by atoms with Gasteiger partial charge in [0.25, 0.3) is 0 Å². The molecule has 3 rings (SSSR count). The Labute approximate surface area is 151 Å². The van der Waals surface area contributed by atoms with Crippen molar-refractivity contribution >= 4 is 18.3 Å². The van der Waals surface area contributed by atoms with Gasteiger partial charge in [0, 0.05) is 32.8 Å². The van der Waals surface area contributed by atoms with Crippen molar-refractivity contribution < 1.29 is 9.53 Å². The molecular formula is C19H29ClN2O2. The van der Waals surface area contributed by atoms with Crippen LogP contribution in [0.1, 0.15) is 31.2 Å². The van der Waals surface area contributed by atoms with Gasteiger partial charge in [-0.05, 0) is 43.6 Å². The number of hydrogen-bond acceptors (Lipinski definition) is 3. The number of ether oxygens (including phenoxy) is 1. The highest BCUT2D eigenvalue weighted by molar-refractivity contribution is 5.85. The molecule has 2 N–H and O–H groups in total. The van der Waals surface area contributed by atoms with Crippen LogP contribution >= 0.6 is 12.4 Å². The largest absolute Gasteiger partial charge is 0.381 e. The summed E-state index contributed by atoms with van der Waals surface area (Å²) in [5, 5.41) is 0. The molecule has 0 aromatic heterocycles. The lowest BCUT2D eigenvalue weighted by molar-refractivity contribution is -0.148. The highest BCUT2D eigenvalue weighted by Crippen LogP contribution is 2.33. The SMILES string of the molecule is Cl.NCC1(C(=O)N2CCC(Cc3ccccc3)CC2)CCOCC1. The van der Waals surface area contributed by atoms with E-state index in [9.17, 15) is 4.79 Å². The van der Waals surface area contributed by atoms with Crippen LogP contribution in [0.15, 0.2) is 30.3 Å². The fourth-order valence-electron chi connectivity index (χ4n) is 3.89. The molecule has 0 aliphatic carbocycles. The molecule has 5 heteroatoms. The number of nitrogens with zero attached hydrogens (tertiary/aromatic N) is 1. The second-order valence-corrected chi connectivity index (χ2v) is 7.02. The maximum absolute atomic E-state index is 13.0. The van der Waals surface area contributed by atoms with E-state index < -0.39 is 0 Å². The van der Waals surface area contributed by atoms with E-state index in [1.54, 1.807) is 0 Å². The van der Waals surface area contributed by atoms with Gasteiger partial charge in [0.1, 0.15) is 0 Å². The fourth-order valence-corrected chi connectivity index (χ4v) is 3.89. The first-order chi connectivity index (χ1) is 11.2. The number of amides is 1. The minimum absolute atomic E-state index is 0. The normalized spacial score (nSPS) is 21.1.